The molecule has 0 aliphatic heterocycles. The van der Waals surface area contributed by atoms with Crippen molar-refractivity contribution < 1.29 is 28.6 Å². The summed E-state index contributed by atoms with van der Waals surface area (Å²) in [6.45, 7) is 6.67. The third kappa shape index (κ3) is 49.2. The standard InChI is InChI=1S/C56H106O6/c1-4-7-10-13-16-19-22-24-26-27-28-30-31-34-37-40-43-46-49-55(58)61-52-53(51-60-54(57)48-45-42-39-36-33-21-18-15-12-9-6-3)62-56(59)50-47-44-41-38-35-32-29-25-23-20-17-14-11-8-5-2/h28,30,53H,4-27,29,31-52H2,1-3H3/b30-28-. The van der Waals surface area contributed by atoms with Gasteiger partial charge in [-0.3, -0.25) is 14.4 Å². The molecular weight excluding hydrogens is 769 g/mol. The minimum absolute atomic E-state index is 0.0671. The Kier molecular flexibility index (Phi) is 50.2. The third-order valence-corrected chi connectivity index (χ3v) is 12.5. The second-order valence-corrected chi connectivity index (χ2v) is 18.9. The van der Waals surface area contributed by atoms with Crippen molar-refractivity contribution in [3.05, 3.63) is 12.2 Å². The van der Waals surface area contributed by atoms with Crippen LogP contribution in [0.15, 0.2) is 12.2 Å². The molecule has 0 amide bonds. The number of hydrogen-bond acceptors (Lipinski definition) is 6. The lowest BCUT2D eigenvalue weighted by Gasteiger charge is -2.18. The van der Waals surface area contributed by atoms with Gasteiger partial charge in [-0.05, 0) is 44.9 Å². The van der Waals surface area contributed by atoms with Crippen LogP contribution in [0.4, 0.5) is 0 Å². The fraction of sp³-hybridized carbons (Fsp3) is 0.911. The molecule has 6 heteroatoms. The topological polar surface area (TPSA) is 78.9 Å². The molecule has 1 unspecified atom stereocenters. The van der Waals surface area contributed by atoms with Crippen molar-refractivity contribution in [3.63, 3.8) is 0 Å². The summed E-state index contributed by atoms with van der Waals surface area (Å²) < 4.78 is 16.8. The Morgan fingerprint density at radius 3 is 0.806 bits per heavy atom. The van der Waals surface area contributed by atoms with Gasteiger partial charge in [0.05, 0.1) is 0 Å². The number of esters is 3. The molecule has 62 heavy (non-hydrogen) atoms. The molecular formula is C56H106O6. The Bertz CT molecular complexity index is 962. The van der Waals surface area contributed by atoms with E-state index in [1.165, 1.54) is 205 Å². The average molecular weight is 875 g/mol. The minimum Gasteiger partial charge on any atom is -0.462 e. The second-order valence-electron chi connectivity index (χ2n) is 18.9. The van der Waals surface area contributed by atoms with Crippen molar-refractivity contribution in [1.29, 1.82) is 0 Å². The first-order valence-electron chi connectivity index (χ1n) is 27.7. The molecule has 6 nitrogen and oxygen atoms in total. The maximum absolute atomic E-state index is 12.8. The van der Waals surface area contributed by atoms with Gasteiger partial charge in [0.15, 0.2) is 6.10 Å². The molecule has 0 spiro atoms. The smallest absolute Gasteiger partial charge is 0.306 e. The van der Waals surface area contributed by atoms with Crippen LogP contribution in [0.2, 0.25) is 0 Å². The Labute approximate surface area is 386 Å². The number of rotatable bonds is 51. The largest absolute Gasteiger partial charge is 0.462 e. The lowest BCUT2D eigenvalue weighted by Crippen LogP contribution is -2.30. The molecule has 366 valence electrons. The Morgan fingerprint density at radius 2 is 0.532 bits per heavy atom. The van der Waals surface area contributed by atoms with Crippen molar-refractivity contribution >= 4 is 17.9 Å². The van der Waals surface area contributed by atoms with Gasteiger partial charge in [-0.2, -0.15) is 0 Å². The zero-order valence-electron chi connectivity index (χ0n) is 41.9. The first-order valence-corrected chi connectivity index (χ1v) is 27.7. The predicted molar refractivity (Wildman–Crippen MR) is 266 cm³/mol. The summed E-state index contributed by atoms with van der Waals surface area (Å²) >= 11 is 0. The lowest BCUT2D eigenvalue weighted by molar-refractivity contribution is -0.167. The molecule has 0 bridgehead atoms. The monoisotopic (exact) mass is 875 g/mol. The number of carbonyl (C=O) groups is 3. The number of unbranched alkanes of at least 4 members (excludes halogenated alkanes) is 38. The highest BCUT2D eigenvalue weighted by molar-refractivity contribution is 5.71. The van der Waals surface area contributed by atoms with E-state index in [1.807, 2.05) is 0 Å². The van der Waals surface area contributed by atoms with E-state index in [4.69, 9.17) is 14.2 Å². The first-order chi connectivity index (χ1) is 30.5. The molecule has 0 rings (SSSR count). The quantitative estimate of drug-likeness (QED) is 0.0262. The van der Waals surface area contributed by atoms with Crippen LogP contribution in [0.25, 0.3) is 0 Å². The molecule has 0 aromatic carbocycles. The van der Waals surface area contributed by atoms with Crippen LogP contribution >= 0.6 is 0 Å². The Hall–Kier alpha value is -1.85. The summed E-state index contributed by atoms with van der Waals surface area (Å²) in [5.74, 6) is -0.856. The third-order valence-electron chi connectivity index (χ3n) is 12.5. The van der Waals surface area contributed by atoms with Gasteiger partial charge in [0.25, 0.3) is 0 Å². The maximum Gasteiger partial charge on any atom is 0.306 e. The minimum atomic E-state index is -0.766. The molecule has 0 saturated carbocycles. The Morgan fingerprint density at radius 1 is 0.306 bits per heavy atom. The summed E-state index contributed by atoms with van der Waals surface area (Å²) in [6, 6.07) is 0. The van der Waals surface area contributed by atoms with Gasteiger partial charge in [0.2, 0.25) is 0 Å². The van der Waals surface area contributed by atoms with Gasteiger partial charge in [0.1, 0.15) is 13.2 Å². The van der Waals surface area contributed by atoms with E-state index < -0.39 is 6.10 Å². The molecule has 0 N–H and O–H groups in total. The average Bonchev–Trinajstić information content (AvgIpc) is 3.27. The molecule has 0 aliphatic carbocycles. The second kappa shape index (κ2) is 51.8. The molecule has 0 aromatic heterocycles. The fourth-order valence-corrected chi connectivity index (χ4v) is 8.32. The zero-order valence-corrected chi connectivity index (χ0v) is 41.9. The fourth-order valence-electron chi connectivity index (χ4n) is 8.32. The number of carbonyl (C=O) groups excluding carboxylic acids is 3. The summed E-state index contributed by atoms with van der Waals surface area (Å²) in [5.41, 5.74) is 0. The van der Waals surface area contributed by atoms with E-state index in [1.54, 1.807) is 0 Å². The predicted octanol–water partition coefficient (Wildman–Crippen LogP) is 18.2. The SMILES string of the molecule is CCCCCCCCCCC/C=C\CCCCCCCC(=O)OCC(COC(=O)CCCCCCCCCCCCC)OC(=O)CCCCCCCCCCCCCCCCC. The maximum atomic E-state index is 12.8. The molecule has 0 heterocycles. The first kappa shape index (κ1) is 60.2. The van der Waals surface area contributed by atoms with Crippen LogP contribution in [0.3, 0.4) is 0 Å². The molecule has 0 radical (unpaired) electrons. The highest BCUT2D eigenvalue weighted by atomic mass is 16.6. The van der Waals surface area contributed by atoms with Gasteiger partial charge in [-0.1, -0.05) is 258 Å². The molecule has 0 aliphatic rings. The molecule has 0 aromatic rings. The van der Waals surface area contributed by atoms with E-state index in [9.17, 15) is 14.4 Å². The van der Waals surface area contributed by atoms with Crippen LogP contribution in [-0.4, -0.2) is 37.2 Å². The van der Waals surface area contributed by atoms with Gasteiger partial charge < -0.3 is 14.2 Å². The van der Waals surface area contributed by atoms with E-state index in [-0.39, 0.29) is 31.1 Å². The van der Waals surface area contributed by atoms with Crippen molar-refractivity contribution in [1.82, 2.24) is 0 Å². The van der Waals surface area contributed by atoms with Crippen molar-refractivity contribution in [2.24, 2.45) is 0 Å². The molecule has 0 fully saturated rings. The van der Waals surface area contributed by atoms with Gasteiger partial charge in [0, 0.05) is 19.3 Å². The normalized spacial score (nSPS) is 12.0. The van der Waals surface area contributed by atoms with E-state index in [2.05, 4.69) is 32.9 Å². The van der Waals surface area contributed by atoms with Crippen LogP contribution < -0.4 is 0 Å². The highest BCUT2D eigenvalue weighted by Crippen LogP contribution is 2.17. The van der Waals surface area contributed by atoms with E-state index in [0.29, 0.717) is 19.3 Å². The summed E-state index contributed by atoms with van der Waals surface area (Å²) in [5, 5.41) is 0. The van der Waals surface area contributed by atoms with Crippen molar-refractivity contribution in [2.75, 3.05) is 13.2 Å². The van der Waals surface area contributed by atoms with Gasteiger partial charge >= 0.3 is 17.9 Å². The van der Waals surface area contributed by atoms with E-state index in [0.717, 1.165) is 64.2 Å². The van der Waals surface area contributed by atoms with Crippen molar-refractivity contribution in [3.8, 4) is 0 Å². The summed E-state index contributed by atoms with van der Waals surface area (Å²) in [4.78, 5) is 38.0. The molecule has 0 saturated heterocycles. The number of ether oxygens (including phenoxy) is 3. The summed E-state index contributed by atoms with van der Waals surface area (Å²) in [7, 11) is 0. The van der Waals surface area contributed by atoms with Crippen molar-refractivity contribution in [2.45, 2.75) is 316 Å². The number of allylic oxidation sites excluding steroid dienone is 2. The number of hydrogen-bond donors (Lipinski definition) is 0. The Balaban J connectivity index is 4.30. The van der Waals surface area contributed by atoms with Crippen LogP contribution in [0, 0.1) is 0 Å². The van der Waals surface area contributed by atoms with Crippen LogP contribution in [0.5, 0.6) is 0 Å². The summed E-state index contributed by atoms with van der Waals surface area (Å²) in [6.07, 6.45) is 57.7. The van der Waals surface area contributed by atoms with Crippen LogP contribution in [-0.2, 0) is 28.6 Å². The van der Waals surface area contributed by atoms with E-state index >= 15 is 0 Å². The van der Waals surface area contributed by atoms with Gasteiger partial charge in [-0.15, -0.1) is 0 Å². The van der Waals surface area contributed by atoms with Gasteiger partial charge in [-0.25, -0.2) is 0 Å². The highest BCUT2D eigenvalue weighted by Gasteiger charge is 2.19. The lowest BCUT2D eigenvalue weighted by atomic mass is 10.0. The van der Waals surface area contributed by atoms with Crippen LogP contribution in [0.1, 0.15) is 310 Å². The molecule has 1 atom stereocenters. The zero-order chi connectivity index (χ0) is 45.1.